The molecule has 8 nitrogen and oxygen atoms in total. The van der Waals surface area contributed by atoms with Gasteiger partial charge in [0.2, 0.25) is 11.7 Å². The molecule has 0 radical (unpaired) electrons. The predicted octanol–water partition coefficient (Wildman–Crippen LogP) is 2.82. The second-order valence-corrected chi connectivity index (χ2v) is 6.10. The molecule has 3 aromatic rings. The fourth-order valence-corrected chi connectivity index (χ4v) is 3.06. The molecular formula is C20H23N3O5. The van der Waals surface area contributed by atoms with Crippen LogP contribution < -0.4 is 25.2 Å². The van der Waals surface area contributed by atoms with Crippen LogP contribution in [-0.4, -0.2) is 31.8 Å². The second-order valence-electron chi connectivity index (χ2n) is 6.10. The first-order chi connectivity index (χ1) is 13.6. The Morgan fingerprint density at radius 1 is 1.04 bits per heavy atom. The molecule has 1 heterocycles. The van der Waals surface area contributed by atoms with E-state index in [9.17, 15) is 4.79 Å². The number of benzene rings is 2. The highest BCUT2D eigenvalue weighted by atomic mass is 16.8. The van der Waals surface area contributed by atoms with Crippen LogP contribution in [0.2, 0.25) is 0 Å². The molecule has 0 spiro atoms. The first-order valence-corrected chi connectivity index (χ1v) is 8.61. The van der Waals surface area contributed by atoms with Crippen molar-refractivity contribution in [2.24, 2.45) is 7.05 Å². The summed E-state index contributed by atoms with van der Waals surface area (Å²) in [6.07, 6.45) is 2.13. The molecular weight excluding hydrogens is 362 g/mol. The summed E-state index contributed by atoms with van der Waals surface area (Å²) in [5.41, 5.74) is 7.56. The van der Waals surface area contributed by atoms with Crippen molar-refractivity contribution in [2.75, 3.05) is 26.8 Å². The topological polar surface area (TPSA) is 83.0 Å². The molecule has 1 amide bonds. The average molecular weight is 385 g/mol. The highest BCUT2D eigenvalue weighted by molar-refractivity contribution is 5.89. The van der Waals surface area contributed by atoms with Gasteiger partial charge >= 0.3 is 0 Å². The maximum absolute atomic E-state index is 12.2. The van der Waals surface area contributed by atoms with Gasteiger partial charge in [-0.1, -0.05) is 18.2 Å². The van der Waals surface area contributed by atoms with Gasteiger partial charge in [0.05, 0.1) is 33.4 Å². The highest BCUT2D eigenvalue weighted by Crippen LogP contribution is 2.39. The summed E-state index contributed by atoms with van der Waals surface area (Å²) >= 11 is 0. The van der Waals surface area contributed by atoms with Gasteiger partial charge in [-0.2, -0.15) is 4.94 Å². The molecule has 0 saturated heterocycles. The molecule has 2 aromatic carbocycles. The largest absolute Gasteiger partial charge is 0.493 e. The number of hydroxylamine groups is 1. The number of anilines is 1. The fourth-order valence-electron chi connectivity index (χ4n) is 3.06. The molecule has 2 N–H and O–H groups in total. The van der Waals surface area contributed by atoms with E-state index in [1.807, 2.05) is 42.1 Å². The normalized spacial score (nSPS) is 10.6. The van der Waals surface area contributed by atoms with Gasteiger partial charge in [0, 0.05) is 36.3 Å². The van der Waals surface area contributed by atoms with Crippen molar-refractivity contribution in [1.29, 1.82) is 0 Å². The number of amides is 1. The van der Waals surface area contributed by atoms with Crippen molar-refractivity contribution < 1.29 is 23.9 Å². The van der Waals surface area contributed by atoms with Crippen LogP contribution in [0, 0.1) is 0 Å². The number of ether oxygens (including phenoxy) is 3. The second kappa shape index (κ2) is 8.53. The molecule has 3 rings (SSSR count). The lowest BCUT2D eigenvalue weighted by molar-refractivity contribution is -0.130. The summed E-state index contributed by atoms with van der Waals surface area (Å²) in [5, 5.41) is 1.04. The minimum absolute atomic E-state index is 0.193. The van der Waals surface area contributed by atoms with Crippen molar-refractivity contribution in [3.8, 4) is 17.2 Å². The third-order valence-electron chi connectivity index (χ3n) is 4.33. The fraction of sp³-hybridized carbons (Fsp3) is 0.250. The number of rotatable bonds is 8. The van der Waals surface area contributed by atoms with Crippen LogP contribution in [0.15, 0.2) is 42.6 Å². The lowest BCUT2D eigenvalue weighted by atomic mass is 10.1. The summed E-state index contributed by atoms with van der Waals surface area (Å²) < 4.78 is 17.8. The summed E-state index contributed by atoms with van der Waals surface area (Å²) in [4.78, 5) is 17.4. The molecule has 0 saturated carbocycles. The minimum atomic E-state index is -0.281. The van der Waals surface area contributed by atoms with Crippen LogP contribution in [0.5, 0.6) is 17.2 Å². The van der Waals surface area contributed by atoms with Crippen molar-refractivity contribution in [3.63, 3.8) is 0 Å². The van der Waals surface area contributed by atoms with E-state index in [0.29, 0.717) is 22.9 Å². The zero-order valence-corrected chi connectivity index (χ0v) is 16.2. The summed E-state index contributed by atoms with van der Waals surface area (Å²) in [7, 11) is 6.52. The minimum Gasteiger partial charge on any atom is -0.493 e. The maximum atomic E-state index is 12.2. The van der Waals surface area contributed by atoms with E-state index in [2.05, 4.69) is 11.0 Å². The van der Waals surface area contributed by atoms with E-state index in [1.165, 1.54) is 21.3 Å². The number of para-hydroxylation sites is 1. The van der Waals surface area contributed by atoms with Gasteiger partial charge in [-0.15, -0.1) is 0 Å². The van der Waals surface area contributed by atoms with Crippen molar-refractivity contribution in [3.05, 3.63) is 48.2 Å². The lowest BCUT2D eigenvalue weighted by Gasteiger charge is -2.14. The van der Waals surface area contributed by atoms with Gasteiger partial charge in [0.15, 0.2) is 11.5 Å². The zero-order chi connectivity index (χ0) is 20.1. The Hall–Kier alpha value is -3.39. The number of methoxy groups -OCH3 is 3. The van der Waals surface area contributed by atoms with Gasteiger partial charge in [-0.05, 0) is 11.6 Å². The van der Waals surface area contributed by atoms with E-state index >= 15 is 0 Å². The van der Waals surface area contributed by atoms with E-state index in [-0.39, 0.29) is 12.3 Å². The molecule has 8 heteroatoms. The molecule has 0 aliphatic rings. The van der Waals surface area contributed by atoms with E-state index in [1.54, 1.807) is 12.1 Å². The van der Waals surface area contributed by atoms with Crippen LogP contribution in [-0.2, 0) is 23.2 Å². The van der Waals surface area contributed by atoms with Gasteiger partial charge < -0.3 is 18.8 Å². The molecule has 0 fully saturated rings. The van der Waals surface area contributed by atoms with Gasteiger partial charge in [-0.3, -0.25) is 4.79 Å². The Morgan fingerprint density at radius 3 is 2.36 bits per heavy atom. The molecule has 0 aliphatic carbocycles. The number of aryl methyl sites for hydroxylation is 1. The van der Waals surface area contributed by atoms with Gasteiger partial charge in [-0.25, -0.2) is 11.0 Å². The van der Waals surface area contributed by atoms with E-state index in [0.717, 1.165) is 16.5 Å². The SMILES string of the molecule is COc1cc(NONC(=O)Cc2cn(C)c3ccccc23)cc(OC)c1OC. The molecule has 148 valence electrons. The Labute approximate surface area is 162 Å². The summed E-state index contributed by atoms with van der Waals surface area (Å²) in [6, 6.07) is 11.3. The quantitative estimate of drug-likeness (QED) is 0.580. The third kappa shape index (κ3) is 3.96. The third-order valence-corrected chi connectivity index (χ3v) is 4.33. The van der Waals surface area contributed by atoms with Gasteiger partial charge in [0.25, 0.3) is 0 Å². The molecule has 1 aromatic heterocycles. The lowest BCUT2D eigenvalue weighted by Crippen LogP contribution is -2.27. The Kier molecular flexibility index (Phi) is 5.90. The molecule has 0 aliphatic heterocycles. The summed E-state index contributed by atoms with van der Waals surface area (Å²) in [6.45, 7) is 0. The first-order valence-electron chi connectivity index (χ1n) is 8.61. The maximum Gasteiger partial charge on any atom is 0.249 e. The zero-order valence-electron chi connectivity index (χ0n) is 16.2. The number of carbonyl (C=O) groups excluding carboxylic acids is 1. The highest BCUT2D eigenvalue weighted by Gasteiger charge is 2.14. The molecule has 28 heavy (non-hydrogen) atoms. The number of aromatic nitrogens is 1. The molecule has 0 atom stereocenters. The first kappa shape index (κ1) is 19.4. The van der Waals surface area contributed by atoms with Crippen LogP contribution in [0.3, 0.4) is 0 Å². The standard InChI is InChI=1S/C20H23N3O5/c1-23-12-13(15-7-5-6-8-16(15)23)9-19(24)22-28-21-14-10-17(25-2)20(27-4)18(11-14)26-3/h5-8,10-12,21H,9H2,1-4H3,(H,22,24). The number of fused-ring (bicyclic) bond motifs is 1. The van der Waals surface area contributed by atoms with Crippen LogP contribution in [0.25, 0.3) is 10.9 Å². The number of nitrogens with one attached hydrogen (secondary N) is 2. The van der Waals surface area contributed by atoms with E-state index in [4.69, 9.17) is 19.1 Å². The Bertz CT molecular complexity index is 958. The van der Waals surface area contributed by atoms with Gasteiger partial charge in [0.1, 0.15) is 0 Å². The predicted molar refractivity (Wildman–Crippen MR) is 106 cm³/mol. The number of hydrogen-bond donors (Lipinski definition) is 2. The summed E-state index contributed by atoms with van der Waals surface area (Å²) in [5.74, 6) is 1.12. The van der Waals surface area contributed by atoms with E-state index < -0.39 is 0 Å². The van der Waals surface area contributed by atoms with Crippen LogP contribution >= 0.6 is 0 Å². The number of hydrogen-bond acceptors (Lipinski definition) is 6. The molecule has 0 unspecified atom stereocenters. The van der Waals surface area contributed by atoms with Crippen molar-refractivity contribution in [1.82, 2.24) is 10.0 Å². The average Bonchev–Trinajstić information content (AvgIpc) is 3.02. The number of nitrogens with zero attached hydrogens (tertiary/aromatic N) is 1. The van der Waals surface area contributed by atoms with Crippen molar-refractivity contribution >= 4 is 22.5 Å². The Balaban J connectivity index is 1.62. The Morgan fingerprint density at radius 2 is 1.71 bits per heavy atom. The van der Waals surface area contributed by atoms with Crippen molar-refractivity contribution in [2.45, 2.75) is 6.42 Å². The number of carbonyl (C=O) groups is 1. The monoisotopic (exact) mass is 385 g/mol. The van der Waals surface area contributed by atoms with Crippen LogP contribution in [0.4, 0.5) is 5.69 Å². The molecule has 0 bridgehead atoms. The smallest absolute Gasteiger partial charge is 0.249 e. The van der Waals surface area contributed by atoms with Crippen LogP contribution in [0.1, 0.15) is 5.56 Å².